The third-order valence-corrected chi connectivity index (χ3v) is 12.2. The molecule has 24 nitrogen and oxygen atoms in total. The molecule has 1 amide bonds. The van der Waals surface area contributed by atoms with E-state index in [9.17, 15) is 64.4 Å². The molecule has 1 aliphatic heterocycles. The summed E-state index contributed by atoms with van der Waals surface area (Å²) in [6.07, 6.45) is 5.41. The second kappa shape index (κ2) is 25.8. The van der Waals surface area contributed by atoms with E-state index in [-0.39, 0.29) is 56.8 Å². The first kappa shape index (κ1) is 58.9. The molecule has 0 radical (unpaired) electrons. The van der Waals surface area contributed by atoms with Crippen LogP contribution in [-0.2, 0) is 11.2 Å². The molecule has 0 unspecified atom stereocenters. The normalized spacial score (nSPS) is 13.9. The Kier molecular flexibility index (Phi) is 20.0. The third-order valence-electron chi connectivity index (χ3n) is 12.2. The van der Waals surface area contributed by atoms with Crippen LogP contribution in [0.4, 0.5) is 22.7 Å². The molecule has 0 saturated carbocycles. The molecule has 24 heteroatoms. The van der Waals surface area contributed by atoms with Crippen LogP contribution in [0, 0.1) is 74.1 Å². The van der Waals surface area contributed by atoms with E-state index >= 15 is 0 Å². The minimum atomic E-state index is -1.28. The van der Waals surface area contributed by atoms with E-state index in [4.69, 9.17) is 20.4 Å². The highest BCUT2D eigenvalue weighted by molar-refractivity contribution is 5.99. The number of para-hydroxylation sites is 1. The van der Waals surface area contributed by atoms with Gasteiger partial charge in [0, 0.05) is 77.7 Å². The SMILES string of the molecule is CCN(CC)C(=O)[C@@H]1C=C2c3cccc4[nH]cc(c34)C[C@H]2N(C)C1.Cc1cc(C(=O)O)ccc1[N+](=O)[O-].Cc1ccc(C(=O)O)cc1[N+](=O)[O-].Cc1ccc([N+](=O)[O-])c(C(=O)O)c1.Cc1cccc(C(=O)O)c1[N+](=O)[O-]. The van der Waals surface area contributed by atoms with E-state index in [0.29, 0.717) is 28.3 Å². The minimum absolute atomic E-state index is 0.0445. The van der Waals surface area contributed by atoms with Gasteiger partial charge in [-0.25, -0.2) is 19.2 Å². The highest BCUT2D eigenvalue weighted by atomic mass is 16.6. The summed E-state index contributed by atoms with van der Waals surface area (Å²) in [6.45, 7) is 12.7. The van der Waals surface area contributed by atoms with Gasteiger partial charge in [0.25, 0.3) is 22.7 Å². The third kappa shape index (κ3) is 14.3. The number of carbonyl (C=O) groups is 5. The lowest BCUT2D eigenvalue weighted by molar-refractivity contribution is -0.385. The maximum absolute atomic E-state index is 12.9. The fourth-order valence-electron chi connectivity index (χ4n) is 8.36. The number of hydrogen-bond acceptors (Lipinski definition) is 14. The zero-order chi connectivity index (χ0) is 56.9. The maximum atomic E-state index is 12.9. The van der Waals surface area contributed by atoms with E-state index in [2.05, 4.69) is 61.3 Å². The molecule has 0 bridgehead atoms. The summed E-state index contributed by atoms with van der Waals surface area (Å²) in [5, 5.41) is 77.4. The molecule has 2 atom stereocenters. The van der Waals surface area contributed by atoms with Crippen molar-refractivity contribution in [3.63, 3.8) is 0 Å². The fourth-order valence-corrected chi connectivity index (χ4v) is 8.36. The van der Waals surface area contributed by atoms with Gasteiger partial charge in [-0.3, -0.25) is 50.2 Å². The molecule has 2 heterocycles. The van der Waals surface area contributed by atoms with Gasteiger partial charge < -0.3 is 30.3 Å². The second-order valence-electron chi connectivity index (χ2n) is 17.2. The lowest BCUT2D eigenvalue weighted by Crippen LogP contribution is -2.47. The van der Waals surface area contributed by atoms with Crippen molar-refractivity contribution in [2.75, 3.05) is 26.7 Å². The van der Waals surface area contributed by atoms with Crippen LogP contribution in [-0.4, -0.2) is 117 Å². The van der Waals surface area contributed by atoms with Gasteiger partial charge >= 0.3 is 23.9 Å². The van der Waals surface area contributed by atoms with E-state index in [1.165, 1.54) is 108 Å². The Labute approximate surface area is 432 Å². The molecule has 0 spiro atoms. The lowest BCUT2D eigenvalue weighted by Gasteiger charge is -2.40. The summed E-state index contributed by atoms with van der Waals surface area (Å²) in [6, 6.07) is 22.5. The number of rotatable bonds is 11. The number of aromatic amines is 1. The number of carboxylic acids is 4. The molecule has 1 aliphatic carbocycles. The van der Waals surface area contributed by atoms with Gasteiger partial charge in [-0.15, -0.1) is 0 Å². The van der Waals surface area contributed by atoms with Gasteiger partial charge in [0.1, 0.15) is 11.1 Å². The van der Waals surface area contributed by atoms with Crippen LogP contribution in [0.3, 0.4) is 0 Å². The number of hydrogen-bond donors (Lipinski definition) is 5. The van der Waals surface area contributed by atoms with Crippen LogP contribution in [0.25, 0.3) is 16.5 Å². The van der Waals surface area contributed by atoms with Crippen LogP contribution >= 0.6 is 0 Å². The van der Waals surface area contributed by atoms with Crippen molar-refractivity contribution in [2.45, 2.75) is 54.0 Å². The number of nitrogens with one attached hydrogen (secondary N) is 1. The van der Waals surface area contributed by atoms with Crippen molar-refractivity contribution in [1.82, 2.24) is 14.8 Å². The average molecular weight is 1050 g/mol. The van der Waals surface area contributed by atoms with Crippen molar-refractivity contribution in [1.29, 1.82) is 0 Å². The van der Waals surface area contributed by atoms with Gasteiger partial charge in [-0.05, 0) is 114 Å². The highest BCUT2D eigenvalue weighted by Crippen LogP contribution is 2.41. The maximum Gasteiger partial charge on any atom is 0.342 e. The topological polar surface area (TPSA) is 361 Å². The molecule has 398 valence electrons. The summed E-state index contributed by atoms with van der Waals surface area (Å²) in [7, 11) is 2.15. The summed E-state index contributed by atoms with van der Waals surface area (Å²) < 4.78 is 0. The number of likely N-dealkylation sites (N-methyl/N-ethyl adjacent to an activating group) is 1. The quantitative estimate of drug-likeness (QED) is 0.0595. The molecule has 6 aromatic rings. The number of fused-ring (bicyclic) bond motifs is 2. The number of aromatic carboxylic acids is 4. The Bertz CT molecular complexity index is 3280. The van der Waals surface area contributed by atoms with Gasteiger partial charge in [0.2, 0.25) is 5.91 Å². The Morgan fingerprint density at radius 1 is 0.632 bits per heavy atom. The summed E-state index contributed by atoms with van der Waals surface area (Å²) >= 11 is 0. The number of benzene rings is 5. The van der Waals surface area contributed by atoms with Crippen molar-refractivity contribution in [3.05, 3.63) is 199 Å². The number of nitro groups is 4. The summed E-state index contributed by atoms with van der Waals surface area (Å²) in [5.41, 5.74) is 5.54. The molecule has 5 N–H and O–H groups in total. The van der Waals surface area contributed by atoms with E-state index in [1.54, 1.807) is 13.8 Å². The van der Waals surface area contributed by atoms with Crippen LogP contribution in [0.2, 0.25) is 0 Å². The predicted octanol–water partition coefficient (Wildman–Crippen LogP) is 9.31. The number of aryl methyl sites for hydroxylation is 4. The first-order chi connectivity index (χ1) is 35.7. The molecule has 1 aromatic heterocycles. The Morgan fingerprint density at radius 2 is 1.20 bits per heavy atom. The van der Waals surface area contributed by atoms with Gasteiger partial charge in [0.15, 0.2) is 0 Å². The molecule has 2 aliphatic rings. The predicted molar refractivity (Wildman–Crippen MR) is 277 cm³/mol. The van der Waals surface area contributed by atoms with E-state index in [0.717, 1.165) is 32.1 Å². The van der Waals surface area contributed by atoms with Crippen molar-refractivity contribution in [2.24, 2.45) is 5.92 Å². The molecule has 5 aromatic carbocycles. The molecular formula is C52H53N7O17. The monoisotopic (exact) mass is 1050 g/mol. The number of H-pyrrole nitrogens is 1. The molecule has 0 fully saturated rings. The first-order valence-corrected chi connectivity index (χ1v) is 23.0. The Balaban J connectivity index is 0.000000212. The number of nitrogens with zero attached hydrogens (tertiary/aromatic N) is 6. The van der Waals surface area contributed by atoms with Gasteiger partial charge in [0.05, 0.1) is 36.7 Å². The highest BCUT2D eigenvalue weighted by Gasteiger charge is 2.36. The average Bonchev–Trinajstić information content (AvgIpc) is 3.79. The Morgan fingerprint density at radius 3 is 1.72 bits per heavy atom. The zero-order valence-corrected chi connectivity index (χ0v) is 42.1. The van der Waals surface area contributed by atoms with Crippen molar-refractivity contribution >= 4 is 69.0 Å². The van der Waals surface area contributed by atoms with Gasteiger partial charge in [-0.2, -0.15) is 0 Å². The van der Waals surface area contributed by atoms with Crippen LogP contribution in [0.15, 0.2) is 103 Å². The van der Waals surface area contributed by atoms with Gasteiger partial charge in [-0.1, -0.05) is 42.5 Å². The smallest absolute Gasteiger partial charge is 0.342 e. The van der Waals surface area contributed by atoms with Crippen LogP contribution < -0.4 is 0 Å². The first-order valence-electron chi connectivity index (χ1n) is 23.0. The Hall–Kier alpha value is -9.71. The molecule has 8 rings (SSSR count). The van der Waals surface area contributed by atoms with Crippen LogP contribution in [0.1, 0.15) is 88.7 Å². The standard InChI is InChI=1S/C20H25N3O.4C8H7NO4/c1-4-23(5-2)20(24)14-9-16-15-7-6-8-17-19(15)13(11-21-17)10-18(16)22(3)12-14;1-5-4-6(8(10)11)2-3-7(5)9(12)13;1-5-2-3-6(8(10)11)4-7(5)9(12)13;1-5-2-3-7(9(12)13)6(4-5)8(10)11;1-5-3-2-4-6(8(10)11)7(5)9(12)13/h6-9,11,14,18,21H,4-5,10,12H2,1-3H3;4*2-4H,1H3,(H,10,11)/t14-,18-;;;;/m1..../s1. The zero-order valence-electron chi connectivity index (χ0n) is 42.1. The largest absolute Gasteiger partial charge is 0.478 e. The number of carbonyl (C=O) groups excluding carboxylic acids is 1. The number of aromatic nitrogens is 1. The molecular weight excluding hydrogens is 995 g/mol. The lowest BCUT2D eigenvalue weighted by atomic mass is 9.79. The van der Waals surface area contributed by atoms with Crippen molar-refractivity contribution in [3.8, 4) is 0 Å². The number of amides is 1. The number of carboxylic acid groups (broad SMARTS) is 4. The molecule has 76 heavy (non-hydrogen) atoms. The fraction of sp³-hybridized carbons (Fsp3) is 0.250. The molecule has 0 saturated heterocycles. The van der Waals surface area contributed by atoms with E-state index < -0.39 is 43.6 Å². The number of nitro benzene ring substituents is 4. The second-order valence-corrected chi connectivity index (χ2v) is 17.2. The van der Waals surface area contributed by atoms with E-state index in [1.807, 2.05) is 4.90 Å². The summed E-state index contributed by atoms with van der Waals surface area (Å²) in [5.74, 6) is -4.60. The minimum Gasteiger partial charge on any atom is -0.478 e. The van der Waals surface area contributed by atoms with Crippen molar-refractivity contribution < 1.29 is 64.1 Å². The van der Waals surface area contributed by atoms with Crippen LogP contribution in [0.5, 0.6) is 0 Å². The summed E-state index contributed by atoms with van der Waals surface area (Å²) in [4.78, 5) is 102.